The number of carbonyl (C=O) groups is 1. The molecule has 2 unspecified atom stereocenters. The summed E-state index contributed by atoms with van der Waals surface area (Å²) in [6, 6.07) is -0.153. The van der Waals surface area contributed by atoms with Crippen LogP contribution in [-0.2, 0) is 4.79 Å². The maximum atomic E-state index is 10.3. The Kier molecular flexibility index (Phi) is 2.49. The van der Waals surface area contributed by atoms with E-state index in [0.717, 1.165) is 0 Å². The summed E-state index contributed by atoms with van der Waals surface area (Å²) in [6.45, 7) is 2.05. The SMILES string of the molecule is CC(C(N)CC(=O)O)C1CC1. The molecule has 3 heteroatoms. The van der Waals surface area contributed by atoms with Gasteiger partial charge in [-0.1, -0.05) is 6.92 Å². The lowest BCUT2D eigenvalue weighted by Gasteiger charge is -2.16. The maximum absolute atomic E-state index is 10.3. The van der Waals surface area contributed by atoms with E-state index in [0.29, 0.717) is 11.8 Å². The Morgan fingerprint density at radius 2 is 2.27 bits per heavy atom. The normalized spacial score (nSPS) is 22.7. The number of carboxylic acids is 1. The van der Waals surface area contributed by atoms with Crippen LogP contribution in [0.1, 0.15) is 26.2 Å². The minimum absolute atomic E-state index is 0.109. The van der Waals surface area contributed by atoms with Crippen molar-refractivity contribution in [1.82, 2.24) is 0 Å². The number of hydrogen-bond acceptors (Lipinski definition) is 2. The fourth-order valence-electron chi connectivity index (χ4n) is 1.36. The highest BCUT2D eigenvalue weighted by Gasteiger charge is 2.32. The van der Waals surface area contributed by atoms with Crippen molar-refractivity contribution in [3.05, 3.63) is 0 Å². The molecular weight excluding hydrogens is 142 g/mol. The molecule has 0 spiro atoms. The highest BCUT2D eigenvalue weighted by molar-refractivity contribution is 5.67. The third-order valence-corrected chi connectivity index (χ3v) is 2.45. The van der Waals surface area contributed by atoms with Crippen molar-refractivity contribution in [2.24, 2.45) is 17.6 Å². The second-order valence-electron chi connectivity index (χ2n) is 3.46. The van der Waals surface area contributed by atoms with Crippen molar-refractivity contribution in [3.63, 3.8) is 0 Å². The predicted octanol–water partition coefficient (Wildman–Crippen LogP) is 0.834. The molecule has 1 aliphatic rings. The van der Waals surface area contributed by atoms with Gasteiger partial charge in [-0.2, -0.15) is 0 Å². The zero-order valence-corrected chi connectivity index (χ0v) is 6.79. The Morgan fingerprint density at radius 3 is 2.64 bits per heavy atom. The summed E-state index contributed by atoms with van der Waals surface area (Å²) in [6.07, 6.45) is 2.57. The number of aliphatic carboxylic acids is 1. The van der Waals surface area contributed by atoms with Crippen molar-refractivity contribution < 1.29 is 9.90 Å². The molecule has 0 aromatic rings. The molecule has 64 valence electrons. The molecule has 0 saturated heterocycles. The van der Waals surface area contributed by atoms with E-state index in [-0.39, 0.29) is 12.5 Å². The Morgan fingerprint density at radius 1 is 1.73 bits per heavy atom. The van der Waals surface area contributed by atoms with E-state index in [9.17, 15) is 4.79 Å². The molecule has 0 heterocycles. The van der Waals surface area contributed by atoms with Gasteiger partial charge in [0, 0.05) is 6.04 Å². The van der Waals surface area contributed by atoms with Crippen LogP contribution < -0.4 is 5.73 Å². The first-order valence-corrected chi connectivity index (χ1v) is 4.08. The van der Waals surface area contributed by atoms with Crippen LogP contribution in [-0.4, -0.2) is 17.1 Å². The van der Waals surface area contributed by atoms with Gasteiger partial charge in [0.25, 0.3) is 0 Å². The summed E-state index contributed by atoms with van der Waals surface area (Å²) in [5, 5.41) is 8.45. The Balaban J connectivity index is 2.26. The van der Waals surface area contributed by atoms with Gasteiger partial charge in [-0.15, -0.1) is 0 Å². The monoisotopic (exact) mass is 157 g/mol. The number of rotatable bonds is 4. The zero-order valence-electron chi connectivity index (χ0n) is 6.79. The van der Waals surface area contributed by atoms with E-state index in [2.05, 4.69) is 0 Å². The lowest BCUT2D eigenvalue weighted by molar-refractivity contribution is -0.137. The largest absolute Gasteiger partial charge is 0.481 e. The lowest BCUT2D eigenvalue weighted by atomic mass is 9.95. The maximum Gasteiger partial charge on any atom is 0.304 e. The molecule has 1 aliphatic carbocycles. The van der Waals surface area contributed by atoms with E-state index in [4.69, 9.17) is 10.8 Å². The molecule has 1 saturated carbocycles. The molecule has 0 aromatic heterocycles. The summed E-state index contributed by atoms with van der Waals surface area (Å²) in [5.74, 6) is 0.292. The van der Waals surface area contributed by atoms with Gasteiger partial charge >= 0.3 is 5.97 Å². The van der Waals surface area contributed by atoms with Crippen LogP contribution in [0.4, 0.5) is 0 Å². The van der Waals surface area contributed by atoms with E-state index in [1.165, 1.54) is 12.8 Å². The summed E-state index contributed by atoms with van der Waals surface area (Å²) < 4.78 is 0. The van der Waals surface area contributed by atoms with Gasteiger partial charge in [-0.3, -0.25) is 4.79 Å². The minimum Gasteiger partial charge on any atom is -0.481 e. The highest BCUT2D eigenvalue weighted by atomic mass is 16.4. The van der Waals surface area contributed by atoms with Crippen molar-refractivity contribution in [3.8, 4) is 0 Å². The molecule has 0 bridgehead atoms. The van der Waals surface area contributed by atoms with Crippen LogP contribution in [0.25, 0.3) is 0 Å². The molecule has 1 fully saturated rings. The summed E-state index contributed by atoms with van der Waals surface area (Å²) >= 11 is 0. The van der Waals surface area contributed by atoms with Gasteiger partial charge in [-0.05, 0) is 24.7 Å². The molecule has 0 radical (unpaired) electrons. The second kappa shape index (κ2) is 3.22. The Labute approximate surface area is 66.6 Å². The molecule has 11 heavy (non-hydrogen) atoms. The smallest absolute Gasteiger partial charge is 0.304 e. The highest BCUT2D eigenvalue weighted by Crippen LogP contribution is 2.38. The van der Waals surface area contributed by atoms with Crippen LogP contribution in [0.5, 0.6) is 0 Å². The van der Waals surface area contributed by atoms with Crippen LogP contribution in [0.3, 0.4) is 0 Å². The van der Waals surface area contributed by atoms with Gasteiger partial charge < -0.3 is 10.8 Å². The van der Waals surface area contributed by atoms with Crippen LogP contribution >= 0.6 is 0 Å². The third-order valence-electron chi connectivity index (χ3n) is 2.45. The third kappa shape index (κ3) is 2.50. The second-order valence-corrected chi connectivity index (χ2v) is 3.46. The van der Waals surface area contributed by atoms with Crippen LogP contribution in [0, 0.1) is 11.8 Å². The first-order chi connectivity index (χ1) is 5.11. The van der Waals surface area contributed by atoms with E-state index >= 15 is 0 Å². The minimum atomic E-state index is -0.787. The summed E-state index contributed by atoms with van der Waals surface area (Å²) in [7, 11) is 0. The van der Waals surface area contributed by atoms with E-state index in [1.807, 2.05) is 6.92 Å². The van der Waals surface area contributed by atoms with Crippen molar-refractivity contribution in [2.75, 3.05) is 0 Å². The Hall–Kier alpha value is -0.570. The molecule has 1 rings (SSSR count). The van der Waals surface area contributed by atoms with Crippen molar-refractivity contribution in [2.45, 2.75) is 32.2 Å². The van der Waals surface area contributed by atoms with Gasteiger partial charge in [-0.25, -0.2) is 0 Å². The number of nitrogens with two attached hydrogens (primary N) is 1. The average Bonchev–Trinajstić information content (AvgIpc) is 2.65. The molecule has 0 amide bonds. The van der Waals surface area contributed by atoms with Crippen LogP contribution in [0.15, 0.2) is 0 Å². The predicted molar refractivity (Wildman–Crippen MR) is 42.1 cm³/mol. The molecule has 2 atom stereocenters. The number of hydrogen-bond donors (Lipinski definition) is 2. The van der Waals surface area contributed by atoms with Crippen LogP contribution in [0.2, 0.25) is 0 Å². The molecular formula is C8H15NO2. The fraction of sp³-hybridized carbons (Fsp3) is 0.875. The van der Waals surface area contributed by atoms with Gasteiger partial charge in [0.15, 0.2) is 0 Å². The number of carboxylic acid groups (broad SMARTS) is 1. The van der Waals surface area contributed by atoms with E-state index in [1.54, 1.807) is 0 Å². The van der Waals surface area contributed by atoms with Crippen molar-refractivity contribution in [1.29, 1.82) is 0 Å². The van der Waals surface area contributed by atoms with Gasteiger partial charge in [0.1, 0.15) is 0 Å². The topological polar surface area (TPSA) is 63.3 Å². The fourth-order valence-corrected chi connectivity index (χ4v) is 1.36. The average molecular weight is 157 g/mol. The molecule has 0 aromatic carbocycles. The Bertz CT molecular complexity index is 154. The van der Waals surface area contributed by atoms with Gasteiger partial charge in [0.2, 0.25) is 0 Å². The molecule has 0 aliphatic heterocycles. The van der Waals surface area contributed by atoms with Crippen molar-refractivity contribution >= 4 is 5.97 Å². The quantitative estimate of drug-likeness (QED) is 0.635. The first kappa shape index (κ1) is 8.53. The standard InChI is InChI=1S/C8H15NO2/c1-5(6-2-3-6)7(9)4-8(10)11/h5-7H,2-4,9H2,1H3,(H,10,11). The summed E-state index contributed by atoms with van der Waals surface area (Å²) in [5.41, 5.74) is 5.68. The molecule has 3 nitrogen and oxygen atoms in total. The lowest BCUT2D eigenvalue weighted by Crippen LogP contribution is -2.31. The van der Waals surface area contributed by atoms with Gasteiger partial charge in [0.05, 0.1) is 6.42 Å². The van der Waals surface area contributed by atoms with E-state index < -0.39 is 5.97 Å². The molecule has 3 N–H and O–H groups in total. The zero-order chi connectivity index (χ0) is 8.43. The summed E-state index contributed by atoms with van der Waals surface area (Å²) in [4.78, 5) is 10.3. The first-order valence-electron chi connectivity index (χ1n) is 4.08.